The second-order valence-corrected chi connectivity index (χ2v) is 6.00. The molecule has 3 rings (SSSR count). The van der Waals surface area contributed by atoms with Gasteiger partial charge in [-0.1, -0.05) is 5.16 Å². The van der Waals surface area contributed by atoms with E-state index >= 15 is 0 Å². The van der Waals surface area contributed by atoms with Gasteiger partial charge in [-0.05, 0) is 25.0 Å². The Hall–Kier alpha value is -2.06. The van der Waals surface area contributed by atoms with Crippen LogP contribution in [0.1, 0.15) is 41.6 Å². The molecule has 1 aromatic carbocycles. The summed E-state index contributed by atoms with van der Waals surface area (Å²) in [4.78, 5) is 13.4. The van der Waals surface area contributed by atoms with Gasteiger partial charge in [-0.15, -0.1) is 0 Å². The van der Waals surface area contributed by atoms with E-state index in [0.29, 0.717) is 12.8 Å². The highest BCUT2D eigenvalue weighted by atomic mass is 19.1. The smallest absolute Gasteiger partial charge is 0.277 e. The first-order valence-corrected chi connectivity index (χ1v) is 7.41. The first-order valence-electron chi connectivity index (χ1n) is 7.41. The number of fused-ring (bicyclic) bond motifs is 2. The summed E-state index contributed by atoms with van der Waals surface area (Å²) in [6.07, 6.45) is 3.11. The Kier molecular flexibility index (Phi) is 4.27. The van der Waals surface area contributed by atoms with Crippen LogP contribution in [0.3, 0.4) is 0 Å². The lowest BCUT2D eigenvalue weighted by Gasteiger charge is -2.35. The fraction of sp³-hybridized carbons (Fsp3) is 0.467. The number of benzene rings is 1. The number of oxime groups is 1. The van der Waals surface area contributed by atoms with Gasteiger partial charge in [0.05, 0.1) is 11.3 Å². The molecule has 0 radical (unpaired) electrons. The molecule has 6 nitrogen and oxygen atoms in total. The van der Waals surface area contributed by atoms with E-state index < -0.39 is 23.1 Å². The Labute approximate surface area is 131 Å². The number of nitrogens with zero attached hydrogens (tertiary/aromatic N) is 2. The molecule has 0 spiro atoms. The maximum atomic E-state index is 14.2. The lowest BCUT2D eigenvalue weighted by Crippen LogP contribution is -2.42. The molecule has 2 fully saturated rings. The fourth-order valence-electron chi connectivity index (χ4n) is 3.56. The van der Waals surface area contributed by atoms with Crippen LogP contribution in [-0.2, 0) is 6.54 Å². The second kappa shape index (κ2) is 6.21. The second-order valence-electron chi connectivity index (χ2n) is 6.00. The molecule has 2 bridgehead atoms. The number of hydrogen-bond acceptors (Lipinski definition) is 5. The van der Waals surface area contributed by atoms with E-state index in [-0.39, 0.29) is 24.2 Å². The van der Waals surface area contributed by atoms with E-state index in [1.54, 1.807) is 0 Å². The lowest BCUT2D eigenvalue weighted by atomic mass is 9.99. The molecule has 23 heavy (non-hydrogen) atoms. The van der Waals surface area contributed by atoms with Gasteiger partial charge in [0.1, 0.15) is 11.6 Å². The molecule has 1 aromatic rings. The zero-order valence-electron chi connectivity index (χ0n) is 12.3. The van der Waals surface area contributed by atoms with Gasteiger partial charge in [0.2, 0.25) is 0 Å². The first-order chi connectivity index (χ1) is 11.0. The zero-order chi connectivity index (χ0) is 16.6. The van der Waals surface area contributed by atoms with Crippen molar-refractivity contribution in [2.24, 2.45) is 5.16 Å². The Bertz CT molecular complexity index is 650. The number of piperidine rings is 1. The van der Waals surface area contributed by atoms with Crippen molar-refractivity contribution in [2.45, 2.75) is 44.3 Å². The van der Waals surface area contributed by atoms with Crippen LogP contribution in [0.25, 0.3) is 0 Å². The molecule has 2 heterocycles. The van der Waals surface area contributed by atoms with Gasteiger partial charge in [-0.25, -0.2) is 14.3 Å². The monoisotopic (exact) mass is 325 g/mol. The maximum Gasteiger partial charge on any atom is 0.277 e. The standard InChI is InChI=1S/C15H17F2N3O3/c16-13-6-12(15(21)19-23)14(17)3-8(13)7-20-10-1-2-11(20)5-9(4-10)18-22/h3,6,10-11,22-23H,1-2,4-5,7H2,(H,19,21). The van der Waals surface area contributed by atoms with E-state index in [1.807, 2.05) is 0 Å². The molecular weight excluding hydrogens is 308 g/mol. The van der Waals surface area contributed by atoms with Gasteiger partial charge in [0, 0.05) is 37.0 Å². The molecule has 2 unspecified atom stereocenters. The molecular formula is C15H17F2N3O3. The third kappa shape index (κ3) is 2.91. The highest BCUT2D eigenvalue weighted by molar-refractivity contribution is 5.93. The summed E-state index contributed by atoms with van der Waals surface area (Å²) < 4.78 is 28.1. The van der Waals surface area contributed by atoms with Gasteiger partial charge in [-0.3, -0.25) is 14.9 Å². The third-order valence-corrected chi connectivity index (χ3v) is 4.69. The minimum atomic E-state index is -1.09. The Balaban J connectivity index is 1.81. The summed E-state index contributed by atoms with van der Waals surface area (Å²) in [5.74, 6) is -2.66. The third-order valence-electron chi connectivity index (χ3n) is 4.69. The number of hydrogen-bond donors (Lipinski definition) is 3. The normalized spacial score (nSPS) is 23.9. The van der Waals surface area contributed by atoms with Crippen LogP contribution in [0.4, 0.5) is 8.78 Å². The topological polar surface area (TPSA) is 85.2 Å². The van der Waals surface area contributed by atoms with Crippen molar-refractivity contribution in [1.82, 2.24) is 10.4 Å². The first kappa shape index (κ1) is 15.8. The Morgan fingerprint density at radius 1 is 1.26 bits per heavy atom. The Morgan fingerprint density at radius 3 is 2.48 bits per heavy atom. The summed E-state index contributed by atoms with van der Waals surface area (Å²) in [5, 5.41) is 20.7. The molecule has 0 aromatic heterocycles. The molecule has 124 valence electrons. The molecule has 3 N–H and O–H groups in total. The number of carbonyl (C=O) groups is 1. The van der Waals surface area contributed by atoms with Crippen molar-refractivity contribution in [3.8, 4) is 0 Å². The minimum absolute atomic E-state index is 0.155. The van der Waals surface area contributed by atoms with Crippen molar-refractivity contribution in [3.63, 3.8) is 0 Å². The van der Waals surface area contributed by atoms with Crippen LogP contribution in [0.15, 0.2) is 17.3 Å². The van der Waals surface area contributed by atoms with E-state index in [2.05, 4.69) is 10.1 Å². The quantitative estimate of drug-likeness (QED) is 0.451. The molecule has 2 aliphatic rings. The van der Waals surface area contributed by atoms with Crippen molar-refractivity contribution < 1.29 is 24.0 Å². The number of rotatable bonds is 3. The molecule has 2 aliphatic heterocycles. The van der Waals surface area contributed by atoms with Crippen LogP contribution in [0, 0.1) is 11.6 Å². The van der Waals surface area contributed by atoms with Crippen molar-refractivity contribution in [1.29, 1.82) is 0 Å². The number of amides is 1. The number of halogens is 2. The summed E-state index contributed by atoms with van der Waals surface area (Å²) in [6, 6.07) is 2.10. The molecule has 2 saturated heterocycles. The van der Waals surface area contributed by atoms with Gasteiger partial charge >= 0.3 is 0 Å². The average Bonchev–Trinajstić information content (AvgIpc) is 2.78. The minimum Gasteiger partial charge on any atom is -0.411 e. The summed E-state index contributed by atoms with van der Waals surface area (Å²) in [5.41, 5.74) is 1.67. The van der Waals surface area contributed by atoms with Gasteiger partial charge in [0.15, 0.2) is 0 Å². The average molecular weight is 325 g/mol. The molecule has 0 aliphatic carbocycles. The zero-order valence-corrected chi connectivity index (χ0v) is 12.3. The van der Waals surface area contributed by atoms with Crippen LogP contribution < -0.4 is 5.48 Å². The highest BCUT2D eigenvalue weighted by Crippen LogP contribution is 2.36. The molecule has 1 amide bonds. The van der Waals surface area contributed by atoms with E-state index in [1.165, 1.54) is 5.48 Å². The fourth-order valence-corrected chi connectivity index (χ4v) is 3.56. The number of hydroxylamine groups is 1. The van der Waals surface area contributed by atoms with Crippen LogP contribution in [0.2, 0.25) is 0 Å². The predicted molar refractivity (Wildman–Crippen MR) is 76.4 cm³/mol. The number of carbonyl (C=O) groups excluding carboxylic acids is 1. The highest BCUT2D eigenvalue weighted by Gasteiger charge is 2.39. The summed E-state index contributed by atoms with van der Waals surface area (Å²) >= 11 is 0. The predicted octanol–water partition coefficient (Wildman–Crippen LogP) is 2.04. The lowest BCUT2D eigenvalue weighted by molar-refractivity contribution is 0.0701. The summed E-state index contributed by atoms with van der Waals surface area (Å²) in [6.45, 7) is 0.234. The van der Waals surface area contributed by atoms with Gasteiger partial charge in [-0.2, -0.15) is 0 Å². The number of nitrogens with one attached hydrogen (secondary N) is 1. The van der Waals surface area contributed by atoms with E-state index in [9.17, 15) is 13.6 Å². The van der Waals surface area contributed by atoms with Gasteiger partial charge in [0.25, 0.3) is 5.91 Å². The van der Waals surface area contributed by atoms with E-state index in [4.69, 9.17) is 10.4 Å². The maximum absolute atomic E-state index is 14.2. The summed E-state index contributed by atoms with van der Waals surface area (Å²) in [7, 11) is 0. The van der Waals surface area contributed by atoms with Crippen LogP contribution in [-0.4, -0.2) is 39.0 Å². The van der Waals surface area contributed by atoms with Crippen molar-refractivity contribution in [2.75, 3.05) is 0 Å². The SMILES string of the molecule is O=C(NO)c1cc(F)c(CN2C3CCC2CC(=NO)C3)cc1F. The van der Waals surface area contributed by atoms with E-state index in [0.717, 1.165) is 30.7 Å². The van der Waals surface area contributed by atoms with Gasteiger partial charge < -0.3 is 5.21 Å². The largest absolute Gasteiger partial charge is 0.411 e. The molecule has 0 saturated carbocycles. The van der Waals surface area contributed by atoms with Crippen molar-refractivity contribution in [3.05, 3.63) is 34.9 Å². The molecule has 8 heteroatoms. The Morgan fingerprint density at radius 2 is 1.91 bits per heavy atom. The van der Waals surface area contributed by atoms with Crippen molar-refractivity contribution >= 4 is 11.6 Å². The van der Waals surface area contributed by atoms with Crippen LogP contribution >= 0.6 is 0 Å². The van der Waals surface area contributed by atoms with Crippen LogP contribution in [0.5, 0.6) is 0 Å². The molecule has 2 atom stereocenters.